The van der Waals surface area contributed by atoms with Gasteiger partial charge in [-0.1, -0.05) is 32.0 Å². The van der Waals surface area contributed by atoms with E-state index in [1.165, 1.54) is 0 Å². The van der Waals surface area contributed by atoms with E-state index in [0.717, 1.165) is 27.5 Å². The number of ether oxygens (including phenoxy) is 3. The zero-order chi connectivity index (χ0) is 21.2. The summed E-state index contributed by atoms with van der Waals surface area (Å²) in [6.45, 7) is 5.99. The largest absolute Gasteiger partial charge is 0.491 e. The van der Waals surface area contributed by atoms with E-state index in [0.29, 0.717) is 42.9 Å². The van der Waals surface area contributed by atoms with Crippen LogP contribution < -0.4 is 19.1 Å². The molecule has 1 unspecified atom stereocenters. The first kappa shape index (κ1) is 18.7. The molecule has 158 valence electrons. The minimum absolute atomic E-state index is 0.0169. The fraction of sp³-hybridized carbons (Fsp3) is 0.333. The van der Waals surface area contributed by atoms with Crippen LogP contribution in [-0.2, 0) is 16.8 Å². The lowest BCUT2D eigenvalue weighted by atomic mass is 9.77. The Morgan fingerprint density at radius 1 is 1.06 bits per heavy atom. The standard InChI is InChI=1S/C24H22N2O4S/c1-14(2)22-25-15(12-31-22)11-26-18-6-4-3-5-16(18)24(23(26)27)13-30-19-10-21-20(9-17(19)24)28-7-8-29-21/h3-6,9-10,12,14H,7-8,11,13H2,1-2H3. The van der Waals surface area contributed by atoms with E-state index in [1.807, 2.05) is 41.3 Å². The zero-order valence-electron chi connectivity index (χ0n) is 17.4. The van der Waals surface area contributed by atoms with Crippen LogP contribution in [0.2, 0.25) is 0 Å². The second-order valence-electron chi connectivity index (χ2n) is 8.43. The van der Waals surface area contributed by atoms with Crippen LogP contribution in [0.3, 0.4) is 0 Å². The Balaban J connectivity index is 1.45. The van der Waals surface area contributed by atoms with Gasteiger partial charge in [-0.2, -0.15) is 0 Å². The Kier molecular flexibility index (Phi) is 4.05. The monoisotopic (exact) mass is 434 g/mol. The smallest absolute Gasteiger partial charge is 0.246 e. The highest BCUT2D eigenvalue weighted by atomic mass is 32.1. The molecule has 0 fully saturated rings. The number of amides is 1. The normalized spacial score (nSPS) is 20.9. The Morgan fingerprint density at radius 3 is 2.61 bits per heavy atom. The average Bonchev–Trinajstić information content (AvgIpc) is 3.46. The molecule has 0 saturated carbocycles. The van der Waals surface area contributed by atoms with Crippen LogP contribution >= 0.6 is 11.3 Å². The van der Waals surface area contributed by atoms with Crippen molar-refractivity contribution in [2.24, 2.45) is 0 Å². The highest BCUT2D eigenvalue weighted by molar-refractivity contribution is 7.09. The fourth-order valence-electron chi connectivity index (χ4n) is 4.69. The van der Waals surface area contributed by atoms with Crippen LogP contribution in [0.5, 0.6) is 17.2 Å². The first-order chi connectivity index (χ1) is 15.1. The van der Waals surface area contributed by atoms with Crippen LogP contribution in [0.4, 0.5) is 5.69 Å². The number of hydrogen-bond acceptors (Lipinski definition) is 6. The zero-order valence-corrected chi connectivity index (χ0v) is 18.2. The third kappa shape index (κ3) is 2.62. The number of hydrogen-bond donors (Lipinski definition) is 0. The molecule has 3 aromatic rings. The van der Waals surface area contributed by atoms with E-state index in [9.17, 15) is 4.79 Å². The second-order valence-corrected chi connectivity index (χ2v) is 9.32. The van der Waals surface area contributed by atoms with Crippen molar-refractivity contribution in [3.63, 3.8) is 0 Å². The lowest BCUT2D eigenvalue weighted by molar-refractivity contribution is -0.122. The number of carbonyl (C=O) groups is 1. The van der Waals surface area contributed by atoms with E-state index in [2.05, 4.69) is 19.2 Å². The molecule has 1 aromatic heterocycles. The van der Waals surface area contributed by atoms with Gasteiger partial charge in [-0.15, -0.1) is 11.3 Å². The minimum Gasteiger partial charge on any atom is -0.491 e. The number of fused-ring (bicyclic) bond motifs is 5. The molecule has 1 spiro atoms. The van der Waals surface area contributed by atoms with Gasteiger partial charge < -0.3 is 19.1 Å². The molecule has 6 nitrogen and oxygen atoms in total. The number of rotatable bonds is 3. The number of aromatic nitrogens is 1. The summed E-state index contributed by atoms with van der Waals surface area (Å²) in [6.07, 6.45) is 0. The molecule has 0 bridgehead atoms. The van der Waals surface area contributed by atoms with E-state index in [-0.39, 0.29) is 12.5 Å². The summed E-state index contributed by atoms with van der Waals surface area (Å²) < 4.78 is 17.6. The first-order valence-corrected chi connectivity index (χ1v) is 11.4. The highest BCUT2D eigenvalue weighted by Crippen LogP contribution is 2.55. The van der Waals surface area contributed by atoms with Gasteiger partial charge in [-0.05, 0) is 17.7 Å². The van der Waals surface area contributed by atoms with Crippen LogP contribution in [-0.4, -0.2) is 30.7 Å². The predicted molar refractivity (Wildman–Crippen MR) is 118 cm³/mol. The number of benzene rings is 2. The third-order valence-corrected chi connectivity index (χ3v) is 7.39. The lowest BCUT2D eigenvalue weighted by Crippen LogP contribution is -2.42. The number of thiazole rings is 1. The van der Waals surface area contributed by atoms with E-state index < -0.39 is 5.41 Å². The molecule has 4 heterocycles. The first-order valence-electron chi connectivity index (χ1n) is 10.5. The van der Waals surface area contributed by atoms with Crippen LogP contribution in [0.15, 0.2) is 41.8 Å². The summed E-state index contributed by atoms with van der Waals surface area (Å²) in [5.41, 5.74) is 2.76. The molecule has 3 aliphatic rings. The van der Waals surface area contributed by atoms with Crippen molar-refractivity contribution in [3.05, 3.63) is 63.6 Å². The summed E-state index contributed by atoms with van der Waals surface area (Å²) >= 11 is 1.65. The number of para-hydroxylation sites is 1. The second kappa shape index (κ2) is 6.72. The molecular weight excluding hydrogens is 412 g/mol. The van der Waals surface area contributed by atoms with E-state index in [4.69, 9.17) is 19.2 Å². The summed E-state index contributed by atoms with van der Waals surface area (Å²) in [5, 5.41) is 3.14. The Labute approximate surface area is 184 Å². The van der Waals surface area contributed by atoms with Crippen LogP contribution in [0, 0.1) is 0 Å². The minimum atomic E-state index is -0.876. The molecule has 1 atom stereocenters. The van der Waals surface area contributed by atoms with Gasteiger partial charge in [0, 0.05) is 28.6 Å². The molecule has 0 radical (unpaired) electrons. The average molecular weight is 435 g/mol. The molecule has 6 rings (SSSR count). The summed E-state index contributed by atoms with van der Waals surface area (Å²) in [5.74, 6) is 2.41. The number of anilines is 1. The van der Waals surface area contributed by atoms with E-state index in [1.54, 1.807) is 11.3 Å². The maximum Gasteiger partial charge on any atom is 0.246 e. The molecule has 0 aliphatic carbocycles. The number of nitrogens with zero attached hydrogens (tertiary/aromatic N) is 2. The topological polar surface area (TPSA) is 60.9 Å². The summed E-state index contributed by atoms with van der Waals surface area (Å²) in [6, 6.07) is 11.8. The van der Waals surface area contributed by atoms with E-state index >= 15 is 0 Å². The molecule has 2 aromatic carbocycles. The molecule has 3 aliphatic heterocycles. The van der Waals surface area contributed by atoms with Gasteiger partial charge in [-0.3, -0.25) is 4.79 Å². The Bertz CT molecular complexity index is 1200. The molecule has 7 heteroatoms. The van der Waals surface area contributed by atoms with Gasteiger partial charge in [0.15, 0.2) is 11.5 Å². The van der Waals surface area contributed by atoms with Gasteiger partial charge in [0.25, 0.3) is 0 Å². The van der Waals surface area contributed by atoms with Crippen molar-refractivity contribution in [1.82, 2.24) is 4.98 Å². The quantitative estimate of drug-likeness (QED) is 0.616. The summed E-state index contributed by atoms with van der Waals surface area (Å²) in [4.78, 5) is 20.6. The van der Waals surface area contributed by atoms with Crippen molar-refractivity contribution in [1.29, 1.82) is 0 Å². The molecule has 0 saturated heterocycles. The maximum absolute atomic E-state index is 14.0. The van der Waals surface area contributed by atoms with Crippen molar-refractivity contribution in [2.45, 2.75) is 31.7 Å². The van der Waals surface area contributed by atoms with Crippen molar-refractivity contribution >= 4 is 22.9 Å². The highest BCUT2D eigenvalue weighted by Gasteiger charge is 2.57. The van der Waals surface area contributed by atoms with Gasteiger partial charge in [0.05, 0.1) is 17.2 Å². The lowest BCUT2D eigenvalue weighted by Gasteiger charge is -2.24. The third-order valence-electron chi connectivity index (χ3n) is 6.20. The molecule has 0 N–H and O–H groups in total. The van der Waals surface area contributed by atoms with Crippen molar-refractivity contribution in [3.8, 4) is 17.2 Å². The Morgan fingerprint density at radius 2 is 1.84 bits per heavy atom. The summed E-state index contributed by atoms with van der Waals surface area (Å²) in [7, 11) is 0. The number of carbonyl (C=O) groups excluding carboxylic acids is 1. The van der Waals surface area contributed by atoms with Gasteiger partial charge in [0.1, 0.15) is 31.0 Å². The van der Waals surface area contributed by atoms with Crippen molar-refractivity contribution < 1.29 is 19.0 Å². The van der Waals surface area contributed by atoms with Crippen LogP contribution in [0.1, 0.15) is 41.6 Å². The van der Waals surface area contributed by atoms with Gasteiger partial charge in [0.2, 0.25) is 5.91 Å². The SMILES string of the molecule is CC(C)c1nc(CN2C(=O)C3(COc4cc5c(cc43)OCCO5)c3ccccc32)cs1. The predicted octanol–water partition coefficient (Wildman–Crippen LogP) is 4.26. The van der Waals surface area contributed by atoms with Gasteiger partial charge in [-0.25, -0.2) is 4.98 Å². The molecule has 1 amide bonds. The van der Waals surface area contributed by atoms with Crippen molar-refractivity contribution in [2.75, 3.05) is 24.7 Å². The maximum atomic E-state index is 14.0. The molecule has 31 heavy (non-hydrogen) atoms. The Hall–Kier alpha value is -3.06. The molecular formula is C24H22N2O4S. The van der Waals surface area contributed by atoms with Crippen LogP contribution in [0.25, 0.3) is 0 Å². The van der Waals surface area contributed by atoms with Gasteiger partial charge >= 0.3 is 0 Å². The fourth-order valence-corrected chi connectivity index (χ4v) is 5.52.